The monoisotopic (exact) mass is 199 g/mol. The molecule has 0 aliphatic rings. The first-order valence-corrected chi connectivity index (χ1v) is 5.00. The second kappa shape index (κ2) is 4.37. The second-order valence-corrected chi connectivity index (χ2v) is 3.95. The molecule has 3 nitrogen and oxygen atoms in total. The zero-order valence-electron chi connectivity index (χ0n) is 8.03. The van der Waals surface area contributed by atoms with Crippen molar-refractivity contribution in [3.63, 3.8) is 0 Å². The van der Waals surface area contributed by atoms with Crippen molar-refractivity contribution in [2.75, 3.05) is 7.11 Å². The first-order chi connectivity index (χ1) is 6.13. The molecule has 1 heterocycles. The number of methoxy groups -OCH3 is 1. The third-order valence-corrected chi connectivity index (χ3v) is 2.74. The van der Waals surface area contributed by atoms with Crippen LogP contribution in [0.3, 0.4) is 0 Å². The zero-order valence-corrected chi connectivity index (χ0v) is 8.85. The largest absolute Gasteiger partial charge is 0.469 e. The minimum Gasteiger partial charge on any atom is -0.469 e. The van der Waals surface area contributed by atoms with Crippen molar-refractivity contribution in [1.29, 1.82) is 0 Å². The Kier molecular flexibility index (Phi) is 3.42. The summed E-state index contributed by atoms with van der Waals surface area (Å²) >= 11 is 1.59. The lowest BCUT2D eigenvalue weighted by Crippen LogP contribution is -2.14. The van der Waals surface area contributed by atoms with Gasteiger partial charge in [-0.15, -0.1) is 11.3 Å². The van der Waals surface area contributed by atoms with Crippen LogP contribution in [0, 0.1) is 12.8 Å². The van der Waals surface area contributed by atoms with Crippen LogP contribution >= 0.6 is 11.3 Å². The van der Waals surface area contributed by atoms with Crippen molar-refractivity contribution in [1.82, 2.24) is 4.98 Å². The van der Waals surface area contributed by atoms with Crippen LogP contribution < -0.4 is 0 Å². The fourth-order valence-electron chi connectivity index (χ4n) is 1.04. The van der Waals surface area contributed by atoms with Crippen molar-refractivity contribution in [3.05, 3.63) is 16.1 Å². The van der Waals surface area contributed by atoms with Crippen LogP contribution in [0.5, 0.6) is 0 Å². The minimum atomic E-state index is -0.173. The molecular weight excluding hydrogens is 186 g/mol. The summed E-state index contributed by atoms with van der Waals surface area (Å²) in [5.74, 6) is -0.275. The normalized spacial score (nSPS) is 12.5. The number of aromatic nitrogens is 1. The maximum absolute atomic E-state index is 11.1. The molecule has 0 N–H and O–H groups in total. The van der Waals surface area contributed by atoms with E-state index in [9.17, 15) is 4.79 Å². The van der Waals surface area contributed by atoms with Crippen LogP contribution in [0.2, 0.25) is 0 Å². The molecule has 0 aliphatic heterocycles. The van der Waals surface area contributed by atoms with E-state index in [0.29, 0.717) is 6.42 Å². The van der Waals surface area contributed by atoms with Gasteiger partial charge in [-0.2, -0.15) is 0 Å². The summed E-state index contributed by atoms with van der Waals surface area (Å²) in [6, 6.07) is 0. The zero-order chi connectivity index (χ0) is 9.84. The highest BCUT2D eigenvalue weighted by molar-refractivity contribution is 7.09. The van der Waals surface area contributed by atoms with Crippen molar-refractivity contribution in [2.45, 2.75) is 20.3 Å². The van der Waals surface area contributed by atoms with E-state index in [1.165, 1.54) is 7.11 Å². The Hall–Kier alpha value is -0.900. The molecule has 0 fully saturated rings. The third kappa shape index (κ3) is 2.81. The number of carbonyl (C=O) groups excluding carboxylic acids is 1. The average Bonchev–Trinajstić information content (AvgIpc) is 2.49. The van der Waals surface area contributed by atoms with Gasteiger partial charge in [-0.1, -0.05) is 6.92 Å². The number of thiazole rings is 1. The van der Waals surface area contributed by atoms with E-state index in [-0.39, 0.29) is 11.9 Å². The molecule has 0 radical (unpaired) electrons. The van der Waals surface area contributed by atoms with Gasteiger partial charge in [0.25, 0.3) is 0 Å². The third-order valence-electron chi connectivity index (χ3n) is 1.75. The number of aryl methyl sites for hydroxylation is 1. The predicted octanol–water partition coefficient (Wildman–Crippen LogP) is 1.80. The summed E-state index contributed by atoms with van der Waals surface area (Å²) in [6.07, 6.45) is 0.672. The van der Waals surface area contributed by atoms with Gasteiger partial charge in [-0.05, 0) is 6.92 Å². The number of hydrogen-bond acceptors (Lipinski definition) is 4. The molecule has 0 bridgehead atoms. The Bertz CT molecular complexity index is 296. The molecule has 1 unspecified atom stereocenters. The maximum Gasteiger partial charge on any atom is 0.308 e. The maximum atomic E-state index is 11.1. The van der Waals surface area contributed by atoms with Gasteiger partial charge < -0.3 is 4.74 Å². The fourth-order valence-corrected chi connectivity index (χ4v) is 1.95. The Morgan fingerprint density at radius 3 is 2.92 bits per heavy atom. The van der Waals surface area contributed by atoms with Gasteiger partial charge in [0.2, 0.25) is 0 Å². The summed E-state index contributed by atoms with van der Waals surface area (Å²) in [6.45, 7) is 3.80. The first kappa shape index (κ1) is 10.2. The molecule has 1 atom stereocenters. The van der Waals surface area contributed by atoms with E-state index in [0.717, 1.165) is 10.7 Å². The number of rotatable bonds is 3. The second-order valence-electron chi connectivity index (χ2n) is 3.01. The first-order valence-electron chi connectivity index (χ1n) is 4.12. The molecule has 1 aromatic heterocycles. The Morgan fingerprint density at radius 1 is 1.77 bits per heavy atom. The Morgan fingerprint density at radius 2 is 2.46 bits per heavy atom. The highest BCUT2D eigenvalue weighted by atomic mass is 32.1. The van der Waals surface area contributed by atoms with Crippen molar-refractivity contribution < 1.29 is 9.53 Å². The molecule has 0 saturated heterocycles. The van der Waals surface area contributed by atoms with Crippen molar-refractivity contribution in [2.24, 2.45) is 5.92 Å². The molecule has 0 amide bonds. The smallest absolute Gasteiger partial charge is 0.308 e. The van der Waals surface area contributed by atoms with Crippen LogP contribution in [0.1, 0.15) is 17.6 Å². The molecule has 13 heavy (non-hydrogen) atoms. The molecule has 72 valence electrons. The fraction of sp³-hybridized carbons (Fsp3) is 0.556. The van der Waals surface area contributed by atoms with E-state index in [4.69, 9.17) is 0 Å². The predicted molar refractivity (Wildman–Crippen MR) is 51.7 cm³/mol. The van der Waals surface area contributed by atoms with Crippen LogP contribution in [-0.2, 0) is 16.0 Å². The lowest BCUT2D eigenvalue weighted by Gasteiger charge is -2.05. The average molecular weight is 199 g/mol. The quantitative estimate of drug-likeness (QED) is 0.697. The summed E-state index contributed by atoms with van der Waals surface area (Å²) in [7, 11) is 1.41. The lowest BCUT2D eigenvalue weighted by molar-refractivity contribution is -0.144. The van der Waals surface area contributed by atoms with Crippen molar-refractivity contribution in [3.8, 4) is 0 Å². The number of carbonyl (C=O) groups is 1. The number of hydrogen-bond donors (Lipinski definition) is 0. The molecule has 0 saturated carbocycles. The SMILES string of the molecule is COC(=O)C(C)Cc1nc(C)cs1. The van der Waals surface area contributed by atoms with Crippen LogP contribution in [0.25, 0.3) is 0 Å². The van der Waals surface area contributed by atoms with Gasteiger partial charge in [0.05, 0.1) is 18.0 Å². The standard InChI is InChI=1S/C9H13NO2S/c1-6(9(11)12-3)4-8-10-7(2)5-13-8/h5-6H,4H2,1-3H3. The van der Waals surface area contributed by atoms with Crippen LogP contribution in [0.4, 0.5) is 0 Å². The van der Waals surface area contributed by atoms with E-state index in [1.54, 1.807) is 11.3 Å². The van der Waals surface area contributed by atoms with Gasteiger partial charge >= 0.3 is 5.97 Å². The molecule has 0 spiro atoms. The minimum absolute atomic E-state index is 0.101. The van der Waals surface area contributed by atoms with Gasteiger partial charge in [0.1, 0.15) is 0 Å². The molecule has 0 aromatic carbocycles. The van der Waals surface area contributed by atoms with Crippen LogP contribution in [-0.4, -0.2) is 18.1 Å². The summed E-state index contributed by atoms with van der Waals surface area (Å²) in [5.41, 5.74) is 1.01. The number of esters is 1. The molecular formula is C9H13NO2S. The van der Waals surface area contributed by atoms with E-state index >= 15 is 0 Å². The van der Waals surface area contributed by atoms with E-state index < -0.39 is 0 Å². The number of nitrogens with zero attached hydrogens (tertiary/aromatic N) is 1. The summed E-state index contributed by atoms with van der Waals surface area (Å²) in [4.78, 5) is 15.4. The van der Waals surface area contributed by atoms with E-state index in [1.807, 2.05) is 19.2 Å². The number of ether oxygens (including phenoxy) is 1. The van der Waals surface area contributed by atoms with Gasteiger partial charge in [-0.25, -0.2) is 4.98 Å². The van der Waals surface area contributed by atoms with Gasteiger partial charge in [0, 0.05) is 17.5 Å². The topological polar surface area (TPSA) is 39.2 Å². The van der Waals surface area contributed by atoms with Gasteiger partial charge in [-0.3, -0.25) is 4.79 Å². The molecule has 0 aliphatic carbocycles. The van der Waals surface area contributed by atoms with E-state index in [2.05, 4.69) is 9.72 Å². The summed E-state index contributed by atoms with van der Waals surface area (Å²) in [5, 5.41) is 2.98. The molecule has 4 heteroatoms. The van der Waals surface area contributed by atoms with Crippen LogP contribution in [0.15, 0.2) is 5.38 Å². The lowest BCUT2D eigenvalue weighted by atomic mass is 10.1. The Balaban J connectivity index is 2.54. The highest BCUT2D eigenvalue weighted by Gasteiger charge is 2.15. The van der Waals surface area contributed by atoms with Crippen molar-refractivity contribution >= 4 is 17.3 Å². The molecule has 1 rings (SSSR count). The van der Waals surface area contributed by atoms with Gasteiger partial charge in [0.15, 0.2) is 0 Å². The molecule has 1 aromatic rings. The summed E-state index contributed by atoms with van der Waals surface area (Å²) < 4.78 is 4.63. The Labute approximate surface area is 81.8 Å². The highest BCUT2D eigenvalue weighted by Crippen LogP contribution is 2.14.